The van der Waals surface area contributed by atoms with Crippen LogP contribution in [0.25, 0.3) is 0 Å². The van der Waals surface area contributed by atoms with E-state index in [0.29, 0.717) is 0 Å². The van der Waals surface area contributed by atoms with E-state index >= 15 is 0 Å². The number of hydrogen-bond donors (Lipinski definition) is 0. The van der Waals surface area contributed by atoms with Gasteiger partial charge in [-0.3, -0.25) is 0 Å². The van der Waals surface area contributed by atoms with Crippen molar-refractivity contribution in [2.45, 2.75) is 64.7 Å². The SMILES string of the molecule is CCCCC1=C2CCCCC2C(CCc2ccccc2)=C1. The van der Waals surface area contributed by atoms with Crippen LogP contribution in [0.3, 0.4) is 0 Å². The molecule has 0 heteroatoms. The van der Waals surface area contributed by atoms with Gasteiger partial charge in [-0.2, -0.15) is 0 Å². The Kier molecular flexibility index (Phi) is 4.95. The second-order valence-corrected chi connectivity index (χ2v) is 6.66. The average Bonchev–Trinajstić information content (AvgIpc) is 2.90. The third-order valence-electron chi connectivity index (χ3n) is 5.17. The molecule has 0 heterocycles. The first-order valence-electron chi connectivity index (χ1n) is 8.84. The third-order valence-corrected chi connectivity index (χ3v) is 5.17. The van der Waals surface area contributed by atoms with Crippen LogP contribution in [0.15, 0.2) is 53.1 Å². The number of unbranched alkanes of at least 4 members (excludes halogenated alkanes) is 1. The number of benzene rings is 1. The van der Waals surface area contributed by atoms with Crippen LogP contribution in [0, 0.1) is 5.92 Å². The van der Waals surface area contributed by atoms with Gasteiger partial charge in [-0.1, -0.05) is 67.3 Å². The minimum Gasteiger partial charge on any atom is -0.0654 e. The van der Waals surface area contributed by atoms with E-state index in [-0.39, 0.29) is 0 Å². The maximum Gasteiger partial charge on any atom is 0.00161 e. The Morgan fingerprint density at radius 1 is 1.00 bits per heavy atom. The molecule has 0 radical (unpaired) electrons. The van der Waals surface area contributed by atoms with E-state index in [1.165, 1.54) is 63.4 Å². The van der Waals surface area contributed by atoms with Crippen LogP contribution in [-0.4, -0.2) is 0 Å². The molecule has 1 aromatic rings. The molecular formula is C21H28. The van der Waals surface area contributed by atoms with Crippen molar-refractivity contribution in [1.82, 2.24) is 0 Å². The summed E-state index contributed by atoms with van der Waals surface area (Å²) in [5.74, 6) is 0.814. The van der Waals surface area contributed by atoms with Gasteiger partial charge < -0.3 is 0 Å². The summed E-state index contributed by atoms with van der Waals surface area (Å²) >= 11 is 0. The summed E-state index contributed by atoms with van der Waals surface area (Å²) < 4.78 is 0. The Hall–Kier alpha value is -1.30. The molecule has 1 aromatic carbocycles. The predicted octanol–water partition coefficient (Wildman–Crippen LogP) is 6.24. The summed E-state index contributed by atoms with van der Waals surface area (Å²) in [6.07, 6.45) is 14.7. The zero-order chi connectivity index (χ0) is 14.5. The van der Waals surface area contributed by atoms with E-state index in [4.69, 9.17) is 0 Å². The molecule has 0 aliphatic heterocycles. The quantitative estimate of drug-likeness (QED) is 0.579. The second-order valence-electron chi connectivity index (χ2n) is 6.66. The van der Waals surface area contributed by atoms with Crippen molar-refractivity contribution >= 4 is 0 Å². The Bertz CT molecular complexity index is 518. The largest absolute Gasteiger partial charge is 0.0654 e. The molecule has 3 rings (SSSR count). The van der Waals surface area contributed by atoms with Crippen molar-refractivity contribution in [3.63, 3.8) is 0 Å². The Balaban J connectivity index is 1.67. The molecule has 0 nitrogen and oxygen atoms in total. The van der Waals surface area contributed by atoms with Crippen molar-refractivity contribution in [2.75, 3.05) is 0 Å². The molecule has 0 saturated heterocycles. The smallest absolute Gasteiger partial charge is 0.00161 e. The minimum atomic E-state index is 0.814. The Labute approximate surface area is 130 Å². The summed E-state index contributed by atoms with van der Waals surface area (Å²) in [5, 5.41) is 0. The fourth-order valence-corrected chi connectivity index (χ4v) is 4.00. The first kappa shape index (κ1) is 14.6. The highest BCUT2D eigenvalue weighted by atomic mass is 14.3. The highest BCUT2D eigenvalue weighted by Crippen LogP contribution is 2.44. The van der Waals surface area contributed by atoms with Gasteiger partial charge >= 0.3 is 0 Å². The average molecular weight is 280 g/mol. The number of fused-ring (bicyclic) bond motifs is 1. The van der Waals surface area contributed by atoms with Gasteiger partial charge in [0.05, 0.1) is 0 Å². The summed E-state index contributed by atoms with van der Waals surface area (Å²) in [6.45, 7) is 2.30. The lowest BCUT2D eigenvalue weighted by Crippen LogP contribution is -2.10. The molecule has 0 bridgehead atoms. The molecule has 2 aliphatic carbocycles. The second kappa shape index (κ2) is 7.11. The molecular weight excluding hydrogens is 252 g/mol. The van der Waals surface area contributed by atoms with E-state index in [0.717, 1.165) is 5.92 Å². The third kappa shape index (κ3) is 3.48. The highest BCUT2D eigenvalue weighted by molar-refractivity contribution is 5.43. The first-order valence-corrected chi connectivity index (χ1v) is 8.84. The molecule has 1 saturated carbocycles. The standard InChI is InChI=1S/C21H28/c1-2-3-11-18-16-19(21-13-8-7-12-20(18)21)15-14-17-9-5-4-6-10-17/h4-6,9-10,16,21H,2-3,7-8,11-15H2,1H3. The van der Waals surface area contributed by atoms with Crippen LogP contribution >= 0.6 is 0 Å². The van der Waals surface area contributed by atoms with Gasteiger partial charge in [0.1, 0.15) is 0 Å². The summed E-state index contributed by atoms with van der Waals surface area (Å²) in [4.78, 5) is 0. The number of aryl methyl sites for hydroxylation is 1. The fourth-order valence-electron chi connectivity index (χ4n) is 4.00. The van der Waals surface area contributed by atoms with Gasteiger partial charge in [-0.05, 0) is 56.1 Å². The zero-order valence-electron chi connectivity index (χ0n) is 13.4. The van der Waals surface area contributed by atoms with E-state index in [1.807, 2.05) is 5.57 Å². The molecule has 0 amide bonds. The van der Waals surface area contributed by atoms with Gasteiger partial charge in [-0.15, -0.1) is 0 Å². The van der Waals surface area contributed by atoms with Crippen molar-refractivity contribution in [3.8, 4) is 0 Å². The summed E-state index contributed by atoms with van der Waals surface area (Å²) in [7, 11) is 0. The van der Waals surface area contributed by atoms with Gasteiger partial charge in [0.2, 0.25) is 0 Å². The number of hydrogen-bond acceptors (Lipinski definition) is 0. The van der Waals surface area contributed by atoms with Gasteiger partial charge in [-0.25, -0.2) is 0 Å². The molecule has 1 unspecified atom stereocenters. The molecule has 2 aliphatic rings. The topological polar surface area (TPSA) is 0 Å². The number of allylic oxidation sites excluding steroid dienone is 4. The van der Waals surface area contributed by atoms with Crippen LogP contribution in [0.5, 0.6) is 0 Å². The molecule has 0 spiro atoms. The van der Waals surface area contributed by atoms with Crippen molar-refractivity contribution < 1.29 is 0 Å². The van der Waals surface area contributed by atoms with E-state index in [1.54, 1.807) is 11.1 Å². The summed E-state index contributed by atoms with van der Waals surface area (Å²) in [5.41, 5.74) is 6.75. The van der Waals surface area contributed by atoms with Crippen LogP contribution in [-0.2, 0) is 6.42 Å². The van der Waals surface area contributed by atoms with Crippen LogP contribution in [0.2, 0.25) is 0 Å². The lowest BCUT2D eigenvalue weighted by Gasteiger charge is -2.25. The molecule has 1 atom stereocenters. The highest BCUT2D eigenvalue weighted by Gasteiger charge is 2.28. The van der Waals surface area contributed by atoms with Crippen LogP contribution in [0.4, 0.5) is 0 Å². The zero-order valence-corrected chi connectivity index (χ0v) is 13.4. The Morgan fingerprint density at radius 2 is 1.86 bits per heavy atom. The van der Waals surface area contributed by atoms with Gasteiger partial charge in [0, 0.05) is 5.92 Å². The molecule has 0 N–H and O–H groups in total. The van der Waals surface area contributed by atoms with Gasteiger partial charge in [0.25, 0.3) is 0 Å². The molecule has 0 aromatic heterocycles. The van der Waals surface area contributed by atoms with Gasteiger partial charge in [0.15, 0.2) is 0 Å². The first-order chi connectivity index (χ1) is 10.4. The number of rotatable bonds is 6. The van der Waals surface area contributed by atoms with Crippen LogP contribution in [0.1, 0.15) is 63.9 Å². The monoisotopic (exact) mass is 280 g/mol. The maximum atomic E-state index is 2.59. The lowest BCUT2D eigenvalue weighted by molar-refractivity contribution is 0.495. The molecule has 21 heavy (non-hydrogen) atoms. The van der Waals surface area contributed by atoms with Crippen molar-refractivity contribution in [1.29, 1.82) is 0 Å². The Morgan fingerprint density at radius 3 is 2.67 bits per heavy atom. The minimum absolute atomic E-state index is 0.814. The van der Waals surface area contributed by atoms with E-state index < -0.39 is 0 Å². The van der Waals surface area contributed by atoms with Crippen molar-refractivity contribution in [2.24, 2.45) is 5.92 Å². The lowest BCUT2D eigenvalue weighted by atomic mass is 9.80. The van der Waals surface area contributed by atoms with Crippen molar-refractivity contribution in [3.05, 3.63) is 58.7 Å². The summed E-state index contributed by atoms with van der Waals surface area (Å²) in [6, 6.07) is 11.0. The normalized spacial score (nSPS) is 21.4. The van der Waals surface area contributed by atoms with E-state index in [9.17, 15) is 0 Å². The van der Waals surface area contributed by atoms with E-state index in [2.05, 4.69) is 43.3 Å². The molecule has 1 fully saturated rings. The molecule has 112 valence electrons. The van der Waals surface area contributed by atoms with Crippen LogP contribution < -0.4 is 0 Å². The predicted molar refractivity (Wildman–Crippen MR) is 91.4 cm³/mol. The maximum absolute atomic E-state index is 2.59. The fraction of sp³-hybridized carbons (Fsp3) is 0.524.